The van der Waals surface area contributed by atoms with Crippen molar-refractivity contribution in [1.29, 1.82) is 0 Å². The van der Waals surface area contributed by atoms with E-state index in [2.05, 4.69) is 21.4 Å². The van der Waals surface area contributed by atoms with E-state index in [0.29, 0.717) is 28.0 Å². The van der Waals surface area contributed by atoms with E-state index < -0.39 is 11.8 Å². The van der Waals surface area contributed by atoms with Crippen LogP contribution in [0.1, 0.15) is 20.7 Å². The molecule has 3 aromatic carbocycles. The van der Waals surface area contributed by atoms with Crippen LogP contribution in [0, 0.1) is 0 Å². The van der Waals surface area contributed by atoms with Crippen molar-refractivity contribution in [3.63, 3.8) is 0 Å². The van der Waals surface area contributed by atoms with Gasteiger partial charge in [0.05, 0.1) is 23.9 Å². The molecule has 3 aromatic rings. The Balaban J connectivity index is 1.85. The fraction of sp³-hybridized carbons (Fsp3) is 0.0526. The molecule has 1 heterocycles. The number of hydrazine groups is 1. The Hall–Kier alpha value is -2.86. The standard InChI is InChI=1S/C19H13BrN2O3/c1-25-16-8-3-2-7-15(16)21-22-18(23)13-6-4-5-11-9-12(20)10-14(17(11)13)19(22)24/h2-10,21H,1H3. The molecule has 1 aliphatic rings. The highest BCUT2D eigenvalue weighted by molar-refractivity contribution is 9.10. The number of methoxy groups -OCH3 is 1. The molecular weight excluding hydrogens is 384 g/mol. The van der Waals surface area contributed by atoms with Crippen LogP contribution < -0.4 is 10.2 Å². The van der Waals surface area contributed by atoms with E-state index >= 15 is 0 Å². The Bertz CT molecular complexity index is 1030. The molecule has 0 radical (unpaired) electrons. The molecule has 0 bridgehead atoms. The minimum Gasteiger partial charge on any atom is -0.495 e. The summed E-state index contributed by atoms with van der Waals surface area (Å²) in [5.41, 5.74) is 4.40. The van der Waals surface area contributed by atoms with Crippen molar-refractivity contribution in [2.24, 2.45) is 0 Å². The highest BCUT2D eigenvalue weighted by atomic mass is 79.9. The van der Waals surface area contributed by atoms with E-state index in [9.17, 15) is 9.59 Å². The first kappa shape index (κ1) is 15.7. The monoisotopic (exact) mass is 396 g/mol. The SMILES string of the molecule is COc1ccccc1NN1C(=O)c2cccc3cc(Br)cc(c23)C1=O. The predicted octanol–water partition coefficient (Wildman–Crippen LogP) is 4.23. The normalized spacial score (nSPS) is 13.3. The van der Waals surface area contributed by atoms with E-state index in [-0.39, 0.29) is 0 Å². The lowest BCUT2D eigenvalue weighted by Crippen LogP contribution is -2.44. The molecule has 1 N–H and O–H groups in total. The van der Waals surface area contributed by atoms with Gasteiger partial charge in [-0.15, -0.1) is 0 Å². The highest BCUT2D eigenvalue weighted by Gasteiger charge is 2.33. The molecule has 0 saturated carbocycles. The maximum atomic E-state index is 13.0. The summed E-state index contributed by atoms with van der Waals surface area (Å²) >= 11 is 3.43. The zero-order valence-electron chi connectivity index (χ0n) is 13.2. The van der Waals surface area contributed by atoms with E-state index in [4.69, 9.17) is 4.74 Å². The Morgan fingerprint density at radius 1 is 0.960 bits per heavy atom. The summed E-state index contributed by atoms with van der Waals surface area (Å²) in [5, 5.41) is 2.56. The highest BCUT2D eigenvalue weighted by Crippen LogP contribution is 2.34. The summed E-state index contributed by atoms with van der Waals surface area (Å²) in [6.07, 6.45) is 0. The van der Waals surface area contributed by atoms with Gasteiger partial charge in [0.15, 0.2) is 0 Å². The molecule has 0 unspecified atom stereocenters. The molecule has 124 valence electrons. The third kappa shape index (κ3) is 2.46. The predicted molar refractivity (Wildman–Crippen MR) is 98.8 cm³/mol. The first-order valence-corrected chi connectivity index (χ1v) is 8.40. The van der Waals surface area contributed by atoms with Crippen LogP contribution in [0.15, 0.2) is 59.1 Å². The smallest absolute Gasteiger partial charge is 0.280 e. The van der Waals surface area contributed by atoms with Crippen molar-refractivity contribution < 1.29 is 14.3 Å². The van der Waals surface area contributed by atoms with Crippen LogP contribution in [0.3, 0.4) is 0 Å². The molecule has 0 spiro atoms. The maximum Gasteiger partial charge on any atom is 0.280 e. The zero-order chi connectivity index (χ0) is 17.6. The van der Waals surface area contributed by atoms with Gasteiger partial charge in [-0.1, -0.05) is 40.2 Å². The average molecular weight is 397 g/mol. The van der Waals surface area contributed by atoms with Crippen molar-refractivity contribution in [2.45, 2.75) is 0 Å². The lowest BCUT2D eigenvalue weighted by atomic mass is 9.95. The number of halogens is 1. The van der Waals surface area contributed by atoms with Gasteiger partial charge in [0.2, 0.25) is 0 Å². The summed E-state index contributed by atoms with van der Waals surface area (Å²) in [6.45, 7) is 0. The van der Waals surface area contributed by atoms with Gasteiger partial charge in [-0.2, -0.15) is 5.01 Å². The van der Waals surface area contributed by atoms with Gasteiger partial charge < -0.3 is 4.74 Å². The van der Waals surface area contributed by atoms with Crippen LogP contribution in [-0.4, -0.2) is 23.9 Å². The van der Waals surface area contributed by atoms with Gasteiger partial charge >= 0.3 is 0 Å². The van der Waals surface area contributed by atoms with Crippen molar-refractivity contribution in [3.8, 4) is 5.75 Å². The molecule has 0 atom stereocenters. The number of hydrogen-bond donors (Lipinski definition) is 1. The number of benzene rings is 3. The van der Waals surface area contributed by atoms with Crippen LogP contribution in [0.5, 0.6) is 5.75 Å². The van der Waals surface area contributed by atoms with Gasteiger partial charge in [0, 0.05) is 9.86 Å². The first-order chi connectivity index (χ1) is 12.1. The van der Waals surface area contributed by atoms with E-state index in [1.54, 1.807) is 30.3 Å². The largest absolute Gasteiger partial charge is 0.495 e. The maximum absolute atomic E-state index is 13.0. The molecule has 0 aliphatic carbocycles. The lowest BCUT2D eigenvalue weighted by Gasteiger charge is -2.28. The number of hydrogen-bond acceptors (Lipinski definition) is 4. The molecule has 5 nitrogen and oxygen atoms in total. The summed E-state index contributed by atoms with van der Waals surface area (Å²) in [4.78, 5) is 25.8. The number of anilines is 1. The molecule has 25 heavy (non-hydrogen) atoms. The molecule has 0 saturated heterocycles. The number of ether oxygens (including phenoxy) is 1. The van der Waals surface area contributed by atoms with E-state index in [1.807, 2.05) is 24.3 Å². The molecule has 1 aliphatic heterocycles. The van der Waals surface area contributed by atoms with Gasteiger partial charge in [-0.25, -0.2) is 0 Å². The van der Waals surface area contributed by atoms with Crippen molar-refractivity contribution >= 4 is 44.2 Å². The average Bonchev–Trinajstić information content (AvgIpc) is 2.63. The molecule has 0 aromatic heterocycles. The van der Waals surface area contributed by atoms with Gasteiger partial charge in [-0.05, 0) is 35.7 Å². The van der Waals surface area contributed by atoms with Gasteiger partial charge in [-0.3, -0.25) is 15.0 Å². The lowest BCUT2D eigenvalue weighted by molar-refractivity contribution is 0.0648. The fourth-order valence-corrected chi connectivity index (χ4v) is 3.51. The third-order valence-electron chi connectivity index (χ3n) is 4.15. The molecule has 0 fully saturated rings. The number of imide groups is 1. The minimum absolute atomic E-state index is 0.392. The Morgan fingerprint density at radius 2 is 1.72 bits per heavy atom. The van der Waals surface area contributed by atoms with Crippen LogP contribution in [-0.2, 0) is 0 Å². The quantitative estimate of drug-likeness (QED) is 0.672. The Labute approximate surface area is 152 Å². The molecule has 2 amide bonds. The van der Waals surface area contributed by atoms with Crippen LogP contribution in [0.25, 0.3) is 10.8 Å². The number of para-hydroxylation sites is 2. The minimum atomic E-state index is -0.402. The Morgan fingerprint density at radius 3 is 2.52 bits per heavy atom. The second kappa shape index (κ2) is 5.89. The summed E-state index contributed by atoms with van der Waals surface area (Å²) in [5.74, 6) is -0.251. The van der Waals surface area contributed by atoms with E-state index in [1.165, 1.54) is 7.11 Å². The van der Waals surface area contributed by atoms with Crippen LogP contribution >= 0.6 is 15.9 Å². The second-order valence-electron chi connectivity index (χ2n) is 5.61. The summed E-state index contributed by atoms with van der Waals surface area (Å²) < 4.78 is 6.07. The summed E-state index contributed by atoms with van der Waals surface area (Å²) in [6, 6.07) is 16.2. The van der Waals surface area contributed by atoms with Crippen molar-refractivity contribution in [1.82, 2.24) is 5.01 Å². The van der Waals surface area contributed by atoms with Gasteiger partial charge in [0.25, 0.3) is 11.8 Å². The van der Waals surface area contributed by atoms with Crippen LogP contribution in [0.4, 0.5) is 5.69 Å². The fourth-order valence-electron chi connectivity index (χ4n) is 3.03. The summed E-state index contributed by atoms with van der Waals surface area (Å²) in [7, 11) is 1.54. The van der Waals surface area contributed by atoms with Crippen molar-refractivity contribution in [2.75, 3.05) is 12.5 Å². The second-order valence-corrected chi connectivity index (χ2v) is 6.53. The van der Waals surface area contributed by atoms with Gasteiger partial charge in [0.1, 0.15) is 5.75 Å². The number of nitrogens with zero attached hydrogens (tertiary/aromatic N) is 1. The topological polar surface area (TPSA) is 58.6 Å². The first-order valence-electron chi connectivity index (χ1n) is 7.61. The number of carbonyl (C=O) groups is 2. The number of amides is 2. The van der Waals surface area contributed by atoms with E-state index in [0.717, 1.165) is 14.9 Å². The molecule has 6 heteroatoms. The Kier molecular flexibility index (Phi) is 3.69. The van der Waals surface area contributed by atoms with Crippen LogP contribution in [0.2, 0.25) is 0 Å². The number of nitrogens with one attached hydrogen (secondary N) is 1. The number of carbonyl (C=O) groups excluding carboxylic acids is 2. The third-order valence-corrected chi connectivity index (χ3v) is 4.61. The zero-order valence-corrected chi connectivity index (χ0v) is 14.8. The number of rotatable bonds is 3. The molecule has 4 rings (SSSR count). The molecular formula is C19H13BrN2O3. The van der Waals surface area contributed by atoms with Crippen molar-refractivity contribution in [3.05, 3.63) is 70.2 Å².